The summed E-state index contributed by atoms with van der Waals surface area (Å²) in [6.45, 7) is 0. The molecule has 112 valence electrons. The lowest BCUT2D eigenvalue weighted by Gasteiger charge is -2.12. The van der Waals surface area contributed by atoms with Crippen molar-refractivity contribution >= 4 is 38.3 Å². The van der Waals surface area contributed by atoms with E-state index in [9.17, 15) is 0 Å². The van der Waals surface area contributed by atoms with Crippen molar-refractivity contribution in [2.24, 2.45) is 0 Å². The Bertz CT molecular complexity index is 824. The summed E-state index contributed by atoms with van der Waals surface area (Å²) in [5.74, 6) is 1.99. The third kappa shape index (κ3) is 2.82. The second-order valence-electron chi connectivity index (χ2n) is 4.58. The van der Waals surface area contributed by atoms with E-state index in [1.54, 1.807) is 14.2 Å². The number of fused-ring (bicyclic) bond motifs is 1. The molecule has 5 nitrogen and oxygen atoms in total. The number of hydrogen-bond donors (Lipinski definition) is 1. The van der Waals surface area contributed by atoms with Gasteiger partial charge in [-0.1, -0.05) is 22.0 Å². The number of rotatable bonds is 4. The van der Waals surface area contributed by atoms with Gasteiger partial charge in [0, 0.05) is 21.6 Å². The monoisotopic (exact) mass is 358 g/mol. The van der Waals surface area contributed by atoms with E-state index < -0.39 is 0 Å². The molecule has 6 heteroatoms. The third-order valence-corrected chi connectivity index (χ3v) is 3.72. The molecule has 2 aromatic carbocycles. The average Bonchev–Trinajstić information content (AvgIpc) is 2.54. The number of anilines is 2. The van der Waals surface area contributed by atoms with E-state index in [1.165, 1.54) is 6.33 Å². The first kappa shape index (κ1) is 14.6. The highest BCUT2D eigenvalue weighted by Gasteiger charge is 2.11. The lowest BCUT2D eigenvalue weighted by atomic mass is 10.2. The second-order valence-corrected chi connectivity index (χ2v) is 5.50. The van der Waals surface area contributed by atoms with Gasteiger partial charge in [0.05, 0.1) is 19.7 Å². The van der Waals surface area contributed by atoms with Gasteiger partial charge in [0.25, 0.3) is 0 Å². The van der Waals surface area contributed by atoms with Gasteiger partial charge in [-0.25, -0.2) is 9.97 Å². The molecule has 0 spiro atoms. The third-order valence-electron chi connectivity index (χ3n) is 3.23. The van der Waals surface area contributed by atoms with Crippen molar-refractivity contribution in [3.63, 3.8) is 0 Å². The Morgan fingerprint density at radius 2 is 1.77 bits per heavy atom. The highest BCUT2D eigenvalue weighted by molar-refractivity contribution is 9.10. The summed E-state index contributed by atoms with van der Waals surface area (Å²) in [7, 11) is 3.21. The summed E-state index contributed by atoms with van der Waals surface area (Å²) in [4.78, 5) is 8.62. The number of halogens is 1. The van der Waals surface area contributed by atoms with Crippen LogP contribution >= 0.6 is 15.9 Å². The number of nitrogens with one attached hydrogen (secondary N) is 1. The Hall–Kier alpha value is -2.34. The van der Waals surface area contributed by atoms with Crippen LogP contribution in [0.15, 0.2) is 47.2 Å². The second kappa shape index (κ2) is 6.19. The quantitative estimate of drug-likeness (QED) is 0.758. The normalized spacial score (nSPS) is 10.5. The van der Waals surface area contributed by atoms with Crippen molar-refractivity contribution in [3.8, 4) is 11.5 Å². The molecule has 0 saturated heterocycles. The van der Waals surface area contributed by atoms with Crippen LogP contribution in [0.2, 0.25) is 0 Å². The highest BCUT2D eigenvalue weighted by Crippen LogP contribution is 2.34. The van der Waals surface area contributed by atoms with E-state index in [-0.39, 0.29) is 0 Å². The van der Waals surface area contributed by atoms with Crippen LogP contribution in [0.25, 0.3) is 10.9 Å². The number of nitrogens with zero attached hydrogens (tertiary/aromatic N) is 2. The van der Waals surface area contributed by atoms with Crippen molar-refractivity contribution in [3.05, 3.63) is 47.2 Å². The van der Waals surface area contributed by atoms with Gasteiger partial charge in [-0.15, -0.1) is 0 Å². The highest BCUT2D eigenvalue weighted by atomic mass is 79.9. The van der Waals surface area contributed by atoms with Crippen molar-refractivity contribution in [1.29, 1.82) is 0 Å². The van der Waals surface area contributed by atoms with E-state index in [4.69, 9.17) is 9.47 Å². The molecule has 3 rings (SSSR count). The molecule has 1 aromatic heterocycles. The fourth-order valence-corrected chi connectivity index (χ4v) is 2.58. The molecule has 0 radical (unpaired) electrons. The molecule has 0 saturated carbocycles. The molecule has 0 aliphatic carbocycles. The lowest BCUT2D eigenvalue weighted by Crippen LogP contribution is -1.97. The summed E-state index contributed by atoms with van der Waals surface area (Å²) in [5, 5.41) is 4.16. The van der Waals surface area contributed by atoms with Gasteiger partial charge in [-0.05, 0) is 24.3 Å². The van der Waals surface area contributed by atoms with Crippen molar-refractivity contribution < 1.29 is 9.47 Å². The van der Waals surface area contributed by atoms with E-state index in [0.717, 1.165) is 21.1 Å². The van der Waals surface area contributed by atoms with Crippen LogP contribution in [0.5, 0.6) is 11.5 Å². The van der Waals surface area contributed by atoms with Crippen LogP contribution in [0.4, 0.5) is 11.5 Å². The van der Waals surface area contributed by atoms with Gasteiger partial charge in [0.2, 0.25) is 0 Å². The Labute approximate surface area is 136 Å². The zero-order valence-corrected chi connectivity index (χ0v) is 13.7. The summed E-state index contributed by atoms with van der Waals surface area (Å²) in [5.41, 5.74) is 1.72. The molecular formula is C16H14BrN3O2. The molecule has 0 amide bonds. The predicted octanol–water partition coefficient (Wildman–Crippen LogP) is 4.15. The van der Waals surface area contributed by atoms with Gasteiger partial charge in [-0.3, -0.25) is 0 Å². The molecule has 1 N–H and O–H groups in total. The van der Waals surface area contributed by atoms with E-state index >= 15 is 0 Å². The van der Waals surface area contributed by atoms with Crippen molar-refractivity contribution in [1.82, 2.24) is 9.97 Å². The number of aromatic nitrogens is 2. The van der Waals surface area contributed by atoms with Gasteiger partial charge in [0.15, 0.2) is 11.5 Å². The molecule has 0 aliphatic rings. The Kier molecular flexibility index (Phi) is 4.11. The molecule has 22 heavy (non-hydrogen) atoms. The van der Waals surface area contributed by atoms with Crippen molar-refractivity contribution in [2.75, 3.05) is 19.5 Å². The van der Waals surface area contributed by atoms with E-state index in [2.05, 4.69) is 31.2 Å². The molecule has 0 fully saturated rings. The van der Waals surface area contributed by atoms with Crippen molar-refractivity contribution in [2.45, 2.75) is 0 Å². The maximum Gasteiger partial charge on any atom is 0.162 e. The number of hydrogen-bond acceptors (Lipinski definition) is 5. The van der Waals surface area contributed by atoms with Gasteiger partial charge in [-0.2, -0.15) is 0 Å². The Balaban J connectivity index is 2.09. The number of ether oxygens (including phenoxy) is 2. The molecule has 0 bridgehead atoms. The first-order chi connectivity index (χ1) is 10.7. The van der Waals surface area contributed by atoms with Crippen LogP contribution in [0, 0.1) is 0 Å². The molecule has 0 unspecified atom stereocenters. The van der Waals surface area contributed by atoms with Crippen LogP contribution in [0.1, 0.15) is 0 Å². The smallest absolute Gasteiger partial charge is 0.162 e. The fraction of sp³-hybridized carbons (Fsp3) is 0.125. The average molecular weight is 359 g/mol. The van der Waals surface area contributed by atoms with E-state index in [1.807, 2.05) is 36.4 Å². The maximum atomic E-state index is 5.35. The molecule has 3 aromatic rings. The first-order valence-electron chi connectivity index (χ1n) is 6.60. The molecule has 1 heterocycles. The van der Waals surface area contributed by atoms with Gasteiger partial charge >= 0.3 is 0 Å². The Morgan fingerprint density at radius 3 is 2.50 bits per heavy atom. The molecule has 0 atom stereocenters. The van der Waals surface area contributed by atoms with E-state index in [0.29, 0.717) is 17.3 Å². The fourth-order valence-electron chi connectivity index (χ4n) is 2.19. The lowest BCUT2D eigenvalue weighted by molar-refractivity contribution is 0.356. The van der Waals surface area contributed by atoms with Crippen LogP contribution < -0.4 is 14.8 Å². The molecule has 0 aliphatic heterocycles. The summed E-state index contributed by atoms with van der Waals surface area (Å²) < 4.78 is 11.7. The van der Waals surface area contributed by atoms with Crippen LogP contribution in [-0.4, -0.2) is 24.2 Å². The zero-order chi connectivity index (χ0) is 15.5. The number of methoxy groups -OCH3 is 2. The zero-order valence-electron chi connectivity index (χ0n) is 12.1. The standard InChI is InChI=1S/C16H14BrN3O2/c1-21-14-7-12-13(8-15(14)22-2)18-9-19-16(12)20-11-5-3-4-10(17)6-11/h3-9H,1-2H3,(H,18,19,20)/i2-1. The summed E-state index contributed by atoms with van der Waals surface area (Å²) in [6.07, 6.45) is 1.52. The molecular weight excluding hydrogens is 345 g/mol. The maximum absolute atomic E-state index is 5.35. The summed E-state index contributed by atoms with van der Waals surface area (Å²) in [6, 6.07) is 11.6. The topological polar surface area (TPSA) is 56.3 Å². The first-order valence-corrected chi connectivity index (χ1v) is 7.40. The number of benzene rings is 2. The minimum atomic E-state index is 0.641. The predicted molar refractivity (Wildman–Crippen MR) is 90.1 cm³/mol. The SMILES string of the molecule is COc1cc2c(Nc3cccc(Br)c3)ncnc2cc1O[11CH3]. The Morgan fingerprint density at radius 1 is 1.00 bits per heavy atom. The van der Waals surface area contributed by atoms with Crippen LogP contribution in [0.3, 0.4) is 0 Å². The van der Waals surface area contributed by atoms with Crippen LogP contribution in [-0.2, 0) is 0 Å². The van der Waals surface area contributed by atoms with Gasteiger partial charge < -0.3 is 14.8 Å². The summed E-state index contributed by atoms with van der Waals surface area (Å²) >= 11 is 3.46. The minimum Gasteiger partial charge on any atom is -0.493 e. The van der Waals surface area contributed by atoms with Gasteiger partial charge in [0.1, 0.15) is 12.1 Å². The minimum absolute atomic E-state index is 0.641. The largest absolute Gasteiger partial charge is 0.493 e.